The highest BCUT2D eigenvalue weighted by Gasteiger charge is 2.25. The van der Waals surface area contributed by atoms with Crippen molar-refractivity contribution in [3.63, 3.8) is 0 Å². The lowest BCUT2D eigenvalue weighted by atomic mass is 10.0. The van der Waals surface area contributed by atoms with Crippen LogP contribution in [0.2, 0.25) is 0 Å². The highest BCUT2D eigenvalue weighted by atomic mass is 19.1. The van der Waals surface area contributed by atoms with Crippen LogP contribution in [0, 0.1) is 17.1 Å². The summed E-state index contributed by atoms with van der Waals surface area (Å²) in [5.74, 6) is -1.57. The molecule has 0 saturated carbocycles. The third-order valence-corrected chi connectivity index (χ3v) is 4.67. The lowest BCUT2D eigenvalue weighted by Crippen LogP contribution is -2.12. The average Bonchev–Trinajstić information content (AvgIpc) is 3.02. The molecule has 0 aliphatic heterocycles. The summed E-state index contributed by atoms with van der Waals surface area (Å²) in [5.41, 5.74) is 7.93. The Morgan fingerprint density at radius 2 is 2.19 bits per heavy atom. The van der Waals surface area contributed by atoms with Crippen LogP contribution >= 0.6 is 0 Å². The number of nitrogens with zero attached hydrogens (tertiary/aromatic N) is 4. The monoisotopic (exact) mass is 424 g/mol. The van der Waals surface area contributed by atoms with Crippen molar-refractivity contribution >= 4 is 11.7 Å². The molecule has 10 heteroatoms. The van der Waals surface area contributed by atoms with E-state index in [0.717, 1.165) is 12.1 Å². The summed E-state index contributed by atoms with van der Waals surface area (Å²) in [5, 5.41) is 26.5. The number of hydrogen-bond acceptors (Lipinski definition) is 7. The van der Waals surface area contributed by atoms with Gasteiger partial charge < -0.3 is 20.9 Å². The van der Waals surface area contributed by atoms with E-state index in [1.54, 1.807) is 21.0 Å². The fraction of sp³-hybridized carbons (Fsp3) is 0.238. The first-order chi connectivity index (χ1) is 14.8. The van der Waals surface area contributed by atoms with Crippen molar-refractivity contribution in [2.24, 2.45) is 7.05 Å². The number of aromatic nitrogens is 3. The molecule has 0 radical (unpaired) electrons. The number of ether oxygens (including phenoxy) is 1. The molecule has 0 fully saturated rings. The van der Waals surface area contributed by atoms with Crippen LogP contribution in [0.1, 0.15) is 40.3 Å². The SMILES string of the molecule is CNCc1nn(C)c(C#N)c1-c1ncc(N)cc1O[C@H](C)c1cc(F)ccc1C(=O)O. The van der Waals surface area contributed by atoms with Crippen LogP contribution in [0.4, 0.5) is 10.1 Å². The molecule has 4 N–H and O–H groups in total. The summed E-state index contributed by atoms with van der Waals surface area (Å²) in [6.07, 6.45) is 0.578. The number of aromatic carboxylic acids is 1. The molecule has 2 heterocycles. The Morgan fingerprint density at radius 3 is 2.84 bits per heavy atom. The second-order valence-corrected chi connectivity index (χ2v) is 6.85. The lowest BCUT2D eigenvalue weighted by Gasteiger charge is -2.19. The molecular weight excluding hydrogens is 403 g/mol. The molecule has 160 valence electrons. The van der Waals surface area contributed by atoms with Crippen LogP contribution < -0.4 is 15.8 Å². The number of carboxylic acid groups (broad SMARTS) is 1. The Bertz CT molecular complexity index is 1180. The second-order valence-electron chi connectivity index (χ2n) is 6.85. The number of nitrogen functional groups attached to an aromatic ring is 1. The molecule has 1 atom stereocenters. The summed E-state index contributed by atoms with van der Waals surface area (Å²) in [4.78, 5) is 15.9. The number of carbonyl (C=O) groups is 1. The van der Waals surface area contributed by atoms with E-state index in [4.69, 9.17) is 10.5 Å². The summed E-state index contributed by atoms with van der Waals surface area (Å²) in [6, 6.07) is 7.02. The van der Waals surface area contributed by atoms with Gasteiger partial charge in [-0.3, -0.25) is 9.67 Å². The van der Waals surface area contributed by atoms with Crippen LogP contribution in [0.3, 0.4) is 0 Å². The third kappa shape index (κ3) is 4.31. The van der Waals surface area contributed by atoms with Gasteiger partial charge in [0.1, 0.15) is 35.1 Å². The van der Waals surface area contributed by atoms with E-state index in [9.17, 15) is 19.6 Å². The van der Waals surface area contributed by atoms with Crippen LogP contribution in [-0.4, -0.2) is 32.9 Å². The highest BCUT2D eigenvalue weighted by Crippen LogP contribution is 2.37. The molecular formula is C21H21FN6O3. The summed E-state index contributed by atoms with van der Waals surface area (Å²) in [6.45, 7) is 1.97. The minimum Gasteiger partial charge on any atom is -0.484 e. The molecule has 1 aromatic carbocycles. The van der Waals surface area contributed by atoms with E-state index in [-0.39, 0.29) is 22.6 Å². The molecule has 31 heavy (non-hydrogen) atoms. The van der Waals surface area contributed by atoms with Crippen molar-refractivity contribution in [1.82, 2.24) is 20.1 Å². The first-order valence-corrected chi connectivity index (χ1v) is 9.32. The molecule has 0 saturated heterocycles. The molecule has 2 aromatic heterocycles. The fourth-order valence-electron chi connectivity index (χ4n) is 3.30. The second kappa shape index (κ2) is 8.81. The number of rotatable bonds is 7. The number of halogens is 1. The first kappa shape index (κ1) is 21.7. The number of aryl methyl sites for hydroxylation is 1. The smallest absolute Gasteiger partial charge is 0.336 e. The number of nitrogens with one attached hydrogen (secondary N) is 1. The molecule has 0 aliphatic rings. The van der Waals surface area contributed by atoms with Gasteiger partial charge in [0.25, 0.3) is 0 Å². The van der Waals surface area contributed by atoms with Crippen molar-refractivity contribution < 1.29 is 19.0 Å². The average molecular weight is 424 g/mol. The molecule has 3 aromatic rings. The minimum atomic E-state index is -1.20. The minimum absolute atomic E-state index is 0.0812. The molecule has 0 unspecified atom stereocenters. The van der Waals surface area contributed by atoms with Crippen molar-refractivity contribution in [3.05, 3.63) is 58.8 Å². The maximum absolute atomic E-state index is 13.8. The highest BCUT2D eigenvalue weighted by molar-refractivity contribution is 5.89. The number of anilines is 1. The lowest BCUT2D eigenvalue weighted by molar-refractivity contribution is 0.0691. The van der Waals surface area contributed by atoms with Gasteiger partial charge in [-0.15, -0.1) is 0 Å². The van der Waals surface area contributed by atoms with Gasteiger partial charge in [0.15, 0.2) is 0 Å². The summed E-state index contributed by atoms with van der Waals surface area (Å²) >= 11 is 0. The van der Waals surface area contributed by atoms with Gasteiger partial charge in [0.05, 0.1) is 28.7 Å². The number of nitrogens with two attached hydrogens (primary N) is 1. The summed E-state index contributed by atoms with van der Waals surface area (Å²) in [7, 11) is 3.39. The number of nitriles is 1. The topological polar surface area (TPSA) is 139 Å². The van der Waals surface area contributed by atoms with Gasteiger partial charge in [-0.05, 0) is 32.2 Å². The Kier molecular flexibility index (Phi) is 6.17. The van der Waals surface area contributed by atoms with Gasteiger partial charge in [-0.25, -0.2) is 9.18 Å². The third-order valence-electron chi connectivity index (χ3n) is 4.67. The molecule has 0 bridgehead atoms. The van der Waals surface area contributed by atoms with Gasteiger partial charge in [-0.1, -0.05) is 0 Å². The largest absolute Gasteiger partial charge is 0.484 e. The normalized spacial score (nSPS) is 11.7. The Hall–Kier alpha value is -3.97. The zero-order valence-corrected chi connectivity index (χ0v) is 17.2. The zero-order chi connectivity index (χ0) is 22.7. The molecule has 9 nitrogen and oxygen atoms in total. The Balaban J connectivity index is 2.13. The van der Waals surface area contributed by atoms with Crippen molar-refractivity contribution in [2.75, 3.05) is 12.8 Å². The zero-order valence-electron chi connectivity index (χ0n) is 17.2. The number of carboxylic acids is 1. The van der Waals surface area contributed by atoms with Gasteiger partial charge in [0.2, 0.25) is 0 Å². The standard InChI is InChI=1S/C21H21FN6O3/c1-11(15-6-12(22)4-5-14(15)21(29)30)31-18-7-13(24)9-26-20(18)19-16(10-25-2)27-28(3)17(19)8-23/h4-7,9,11,25H,10,24H2,1-3H3,(H,29,30)/t11-/m1/s1. The maximum Gasteiger partial charge on any atom is 0.336 e. The predicted octanol–water partition coefficient (Wildman–Crippen LogP) is 2.63. The first-order valence-electron chi connectivity index (χ1n) is 9.32. The Labute approximate surface area is 177 Å². The van der Waals surface area contributed by atoms with Crippen molar-refractivity contribution in [2.45, 2.75) is 19.6 Å². The van der Waals surface area contributed by atoms with E-state index in [0.29, 0.717) is 29.2 Å². The number of benzene rings is 1. The summed E-state index contributed by atoms with van der Waals surface area (Å²) < 4.78 is 21.3. The van der Waals surface area contributed by atoms with Gasteiger partial charge in [0, 0.05) is 25.2 Å². The van der Waals surface area contributed by atoms with Crippen LogP contribution in [0.5, 0.6) is 5.75 Å². The van der Waals surface area contributed by atoms with E-state index >= 15 is 0 Å². The molecule has 0 aliphatic carbocycles. The van der Waals surface area contributed by atoms with E-state index in [1.807, 2.05) is 0 Å². The Morgan fingerprint density at radius 1 is 1.45 bits per heavy atom. The molecule has 3 rings (SSSR count). The van der Waals surface area contributed by atoms with E-state index in [2.05, 4.69) is 21.5 Å². The van der Waals surface area contributed by atoms with E-state index < -0.39 is 17.9 Å². The van der Waals surface area contributed by atoms with Crippen molar-refractivity contribution in [3.8, 4) is 23.1 Å². The van der Waals surface area contributed by atoms with E-state index in [1.165, 1.54) is 23.0 Å². The number of hydrogen-bond donors (Lipinski definition) is 3. The molecule has 0 amide bonds. The van der Waals surface area contributed by atoms with Crippen molar-refractivity contribution in [1.29, 1.82) is 5.26 Å². The van der Waals surface area contributed by atoms with Gasteiger partial charge >= 0.3 is 5.97 Å². The van der Waals surface area contributed by atoms with Crippen LogP contribution in [-0.2, 0) is 13.6 Å². The van der Waals surface area contributed by atoms with Crippen LogP contribution in [0.15, 0.2) is 30.5 Å². The molecule has 0 spiro atoms. The van der Waals surface area contributed by atoms with Gasteiger partial charge in [-0.2, -0.15) is 10.4 Å². The number of pyridine rings is 1. The fourth-order valence-corrected chi connectivity index (χ4v) is 3.30. The van der Waals surface area contributed by atoms with Crippen LogP contribution in [0.25, 0.3) is 11.3 Å². The maximum atomic E-state index is 13.8. The predicted molar refractivity (Wildman–Crippen MR) is 111 cm³/mol. The quantitative estimate of drug-likeness (QED) is 0.526.